The van der Waals surface area contributed by atoms with Crippen molar-refractivity contribution in [1.29, 1.82) is 0 Å². The van der Waals surface area contributed by atoms with Gasteiger partial charge in [-0.2, -0.15) is 5.10 Å². The Morgan fingerprint density at radius 1 is 1.11 bits per heavy atom. The summed E-state index contributed by atoms with van der Waals surface area (Å²) < 4.78 is 6.12. The largest absolute Gasteiger partial charge is 0.465 e. The first-order chi connectivity index (χ1) is 18.4. The van der Waals surface area contributed by atoms with E-state index in [2.05, 4.69) is 37.7 Å². The molecule has 1 saturated heterocycles. The minimum atomic E-state index is -1.06. The lowest BCUT2D eigenvalue weighted by Crippen LogP contribution is -2.49. The number of amides is 2. The molecule has 0 saturated carbocycles. The predicted octanol–water partition coefficient (Wildman–Crippen LogP) is 3.85. The third-order valence-corrected chi connectivity index (χ3v) is 7.30. The number of carbonyl (C=O) groups excluding carboxylic acids is 1. The first kappa shape index (κ1) is 23.8. The van der Waals surface area contributed by atoms with Crippen LogP contribution >= 0.6 is 0 Å². The minimum Gasteiger partial charge on any atom is -0.465 e. The lowest BCUT2D eigenvalue weighted by Gasteiger charge is -2.32. The van der Waals surface area contributed by atoms with Crippen molar-refractivity contribution >= 4 is 33.9 Å². The molecule has 10 nitrogen and oxygen atoms in total. The standard InChI is InChI=1S/C28H29N7O3/c1-32-15-18(14-29-32)16-35-23-8-4-3-6-19(23)13-25(35)26-31-22-12-20(9-10-24(22)33(26)2)27(36)34-11-5-7-21(17-34)30-28(37)38/h3-4,6,8-10,12-15,21,30H,5,7,11,16-17H2,1-2H3,(H,37,38). The van der Waals surface area contributed by atoms with Crippen molar-refractivity contribution in [2.75, 3.05) is 13.1 Å². The Hall–Kier alpha value is -4.60. The molecular weight excluding hydrogens is 482 g/mol. The molecule has 2 amide bonds. The van der Waals surface area contributed by atoms with Crippen molar-refractivity contribution in [2.24, 2.45) is 14.1 Å². The van der Waals surface area contributed by atoms with Gasteiger partial charge in [0.2, 0.25) is 0 Å². The topological polar surface area (TPSA) is 110 Å². The number of piperidine rings is 1. The molecule has 0 radical (unpaired) electrons. The van der Waals surface area contributed by atoms with E-state index in [1.54, 1.807) is 9.58 Å². The lowest BCUT2D eigenvalue weighted by molar-refractivity contribution is 0.0692. The van der Waals surface area contributed by atoms with Crippen molar-refractivity contribution in [1.82, 2.24) is 34.1 Å². The third-order valence-electron chi connectivity index (χ3n) is 7.30. The summed E-state index contributed by atoms with van der Waals surface area (Å²) in [5.41, 5.74) is 5.42. The zero-order valence-electron chi connectivity index (χ0n) is 21.3. The molecule has 38 heavy (non-hydrogen) atoms. The Kier molecular flexibility index (Phi) is 5.86. The first-order valence-corrected chi connectivity index (χ1v) is 12.7. The summed E-state index contributed by atoms with van der Waals surface area (Å²) in [6.07, 6.45) is 4.32. The highest BCUT2D eigenvalue weighted by Crippen LogP contribution is 2.31. The molecule has 0 aliphatic carbocycles. The van der Waals surface area contributed by atoms with E-state index in [4.69, 9.17) is 10.1 Å². The van der Waals surface area contributed by atoms with Crippen LogP contribution in [0.1, 0.15) is 28.8 Å². The maximum atomic E-state index is 13.3. The van der Waals surface area contributed by atoms with Crippen LogP contribution < -0.4 is 5.32 Å². The molecule has 3 aromatic heterocycles. The Morgan fingerprint density at radius 3 is 2.74 bits per heavy atom. The maximum absolute atomic E-state index is 13.3. The number of benzene rings is 2. The summed E-state index contributed by atoms with van der Waals surface area (Å²) in [6, 6.07) is 15.8. The zero-order chi connectivity index (χ0) is 26.4. The number of imidazole rings is 1. The van der Waals surface area contributed by atoms with Crippen LogP contribution in [0.4, 0.5) is 4.79 Å². The zero-order valence-corrected chi connectivity index (χ0v) is 21.3. The van der Waals surface area contributed by atoms with Gasteiger partial charge in [-0.05, 0) is 43.2 Å². The van der Waals surface area contributed by atoms with Gasteiger partial charge in [0.05, 0.1) is 29.5 Å². The van der Waals surface area contributed by atoms with Gasteiger partial charge in [0.1, 0.15) is 0 Å². The molecule has 5 aromatic rings. The minimum absolute atomic E-state index is 0.110. The Morgan fingerprint density at radius 2 is 1.95 bits per heavy atom. The van der Waals surface area contributed by atoms with Crippen LogP contribution in [0.25, 0.3) is 33.5 Å². The van der Waals surface area contributed by atoms with Crippen molar-refractivity contribution in [3.8, 4) is 11.5 Å². The average molecular weight is 512 g/mol. The monoisotopic (exact) mass is 511 g/mol. The highest BCUT2D eigenvalue weighted by atomic mass is 16.4. The van der Waals surface area contributed by atoms with Gasteiger partial charge in [0, 0.05) is 61.5 Å². The second-order valence-electron chi connectivity index (χ2n) is 9.93. The van der Waals surface area contributed by atoms with Crippen molar-refractivity contribution in [3.05, 3.63) is 72.1 Å². The normalized spacial score (nSPS) is 15.8. The van der Waals surface area contributed by atoms with Crippen LogP contribution in [0.2, 0.25) is 0 Å². The first-order valence-electron chi connectivity index (χ1n) is 12.7. The second kappa shape index (κ2) is 9.37. The fourth-order valence-electron chi connectivity index (χ4n) is 5.50. The molecule has 6 rings (SSSR count). The quantitative estimate of drug-likeness (QED) is 0.373. The van der Waals surface area contributed by atoms with Gasteiger partial charge in [-0.25, -0.2) is 9.78 Å². The molecule has 1 fully saturated rings. The summed E-state index contributed by atoms with van der Waals surface area (Å²) in [4.78, 5) is 31.1. The summed E-state index contributed by atoms with van der Waals surface area (Å²) >= 11 is 0. The number of carboxylic acid groups (broad SMARTS) is 1. The van der Waals surface area contributed by atoms with E-state index < -0.39 is 6.09 Å². The highest BCUT2D eigenvalue weighted by molar-refractivity contribution is 5.98. The maximum Gasteiger partial charge on any atom is 0.404 e. The van der Waals surface area contributed by atoms with E-state index >= 15 is 0 Å². The van der Waals surface area contributed by atoms with Gasteiger partial charge in [-0.3, -0.25) is 9.48 Å². The van der Waals surface area contributed by atoms with Crippen LogP contribution in [-0.4, -0.2) is 65.0 Å². The molecule has 1 unspecified atom stereocenters. The number of nitrogens with zero attached hydrogens (tertiary/aromatic N) is 6. The summed E-state index contributed by atoms with van der Waals surface area (Å²) in [7, 11) is 3.90. The number of aromatic nitrogens is 5. The fraction of sp³-hybridized carbons (Fsp3) is 0.286. The fourth-order valence-corrected chi connectivity index (χ4v) is 5.50. The number of para-hydroxylation sites is 1. The van der Waals surface area contributed by atoms with Crippen LogP contribution in [0, 0.1) is 0 Å². The van der Waals surface area contributed by atoms with Crippen molar-refractivity contribution in [3.63, 3.8) is 0 Å². The molecule has 2 N–H and O–H groups in total. The molecular formula is C28H29N7O3. The predicted molar refractivity (Wildman–Crippen MR) is 144 cm³/mol. The second-order valence-corrected chi connectivity index (χ2v) is 9.93. The molecule has 0 spiro atoms. The molecule has 4 heterocycles. The van der Waals surface area contributed by atoms with E-state index in [9.17, 15) is 9.59 Å². The molecule has 194 valence electrons. The van der Waals surface area contributed by atoms with Crippen LogP contribution in [0.15, 0.2) is 60.9 Å². The summed E-state index contributed by atoms with van der Waals surface area (Å²) in [6.45, 7) is 1.63. The lowest BCUT2D eigenvalue weighted by atomic mass is 10.0. The third kappa shape index (κ3) is 4.27. The number of hydrogen-bond donors (Lipinski definition) is 2. The van der Waals surface area contributed by atoms with E-state index in [0.717, 1.165) is 51.9 Å². The van der Waals surface area contributed by atoms with Gasteiger partial charge >= 0.3 is 6.09 Å². The van der Waals surface area contributed by atoms with E-state index in [0.29, 0.717) is 25.2 Å². The molecule has 1 aliphatic rings. The number of carbonyl (C=O) groups is 2. The Labute approximate surface area is 219 Å². The molecule has 1 aliphatic heterocycles. The number of rotatable bonds is 5. The number of hydrogen-bond acceptors (Lipinski definition) is 4. The number of nitrogens with one attached hydrogen (secondary N) is 1. The SMILES string of the molecule is Cn1cc(Cn2c(-c3nc4cc(C(=O)N5CCCC(NC(=O)O)C5)ccc4n3C)cc3ccccc32)cn1. The molecule has 2 aromatic carbocycles. The van der Waals surface area contributed by atoms with E-state index in [1.807, 2.05) is 56.8 Å². The van der Waals surface area contributed by atoms with Crippen LogP contribution in [0.5, 0.6) is 0 Å². The summed E-state index contributed by atoms with van der Waals surface area (Å²) in [5, 5.41) is 17.0. The van der Waals surface area contributed by atoms with Gasteiger partial charge in [0.15, 0.2) is 5.82 Å². The van der Waals surface area contributed by atoms with Crippen LogP contribution in [0.3, 0.4) is 0 Å². The van der Waals surface area contributed by atoms with Gasteiger partial charge in [0.25, 0.3) is 5.91 Å². The van der Waals surface area contributed by atoms with E-state index in [1.165, 1.54) is 0 Å². The van der Waals surface area contributed by atoms with Gasteiger partial charge in [-0.1, -0.05) is 18.2 Å². The van der Waals surface area contributed by atoms with Gasteiger partial charge < -0.3 is 24.5 Å². The van der Waals surface area contributed by atoms with Gasteiger partial charge in [-0.15, -0.1) is 0 Å². The number of likely N-dealkylation sites (tertiary alicyclic amines) is 1. The number of aryl methyl sites for hydroxylation is 2. The number of fused-ring (bicyclic) bond motifs is 2. The summed E-state index contributed by atoms with van der Waals surface area (Å²) in [5.74, 6) is 0.704. The van der Waals surface area contributed by atoms with Crippen molar-refractivity contribution < 1.29 is 14.7 Å². The highest BCUT2D eigenvalue weighted by Gasteiger charge is 2.26. The van der Waals surface area contributed by atoms with E-state index in [-0.39, 0.29) is 11.9 Å². The smallest absolute Gasteiger partial charge is 0.404 e. The molecule has 0 bridgehead atoms. The molecule has 10 heteroatoms. The molecule has 1 atom stereocenters. The average Bonchev–Trinajstić information content (AvgIpc) is 3.58. The van der Waals surface area contributed by atoms with Crippen molar-refractivity contribution in [2.45, 2.75) is 25.4 Å². The van der Waals surface area contributed by atoms with Crippen LogP contribution in [-0.2, 0) is 20.6 Å². The Bertz CT molecular complexity index is 1680. The Balaban J connectivity index is 1.36.